The molecule has 3 amide bonds. The Morgan fingerprint density at radius 2 is 1.72 bits per heavy atom. The lowest BCUT2D eigenvalue weighted by Gasteiger charge is -2.10. The average Bonchev–Trinajstić information content (AvgIpc) is 2.73. The minimum absolute atomic E-state index is 0.326. The third kappa shape index (κ3) is 8.03. The SMILES string of the molecule is CCCCOCCCNC(=O)Nc1cccc(C(=O)Nc2cccc(C#N)c2)c1. The van der Waals surface area contributed by atoms with E-state index in [-0.39, 0.29) is 11.9 Å². The van der Waals surface area contributed by atoms with Gasteiger partial charge in [-0.3, -0.25) is 4.79 Å². The van der Waals surface area contributed by atoms with Crippen molar-refractivity contribution < 1.29 is 14.3 Å². The number of amides is 3. The monoisotopic (exact) mass is 394 g/mol. The van der Waals surface area contributed by atoms with Crippen LogP contribution in [0.4, 0.5) is 16.2 Å². The van der Waals surface area contributed by atoms with Gasteiger partial charge in [0.15, 0.2) is 0 Å². The van der Waals surface area contributed by atoms with Gasteiger partial charge in [0.1, 0.15) is 0 Å². The Morgan fingerprint density at radius 1 is 1.00 bits per heavy atom. The van der Waals surface area contributed by atoms with Crippen molar-refractivity contribution in [2.75, 3.05) is 30.4 Å². The number of benzene rings is 2. The molecule has 0 unspecified atom stereocenters. The molecule has 0 radical (unpaired) electrons. The minimum atomic E-state index is -0.335. The lowest BCUT2D eigenvalue weighted by molar-refractivity contribution is 0.102. The first kappa shape index (κ1) is 21.9. The summed E-state index contributed by atoms with van der Waals surface area (Å²) in [4.78, 5) is 24.4. The fraction of sp³-hybridized carbons (Fsp3) is 0.318. The molecule has 0 bridgehead atoms. The van der Waals surface area contributed by atoms with Crippen molar-refractivity contribution in [1.82, 2.24) is 5.32 Å². The van der Waals surface area contributed by atoms with Gasteiger partial charge in [-0.1, -0.05) is 25.5 Å². The average molecular weight is 394 g/mol. The van der Waals surface area contributed by atoms with Crippen molar-refractivity contribution in [3.05, 3.63) is 59.7 Å². The molecule has 0 aromatic heterocycles. The minimum Gasteiger partial charge on any atom is -0.381 e. The normalized spacial score (nSPS) is 10.1. The first-order chi connectivity index (χ1) is 14.1. The molecule has 0 fully saturated rings. The summed E-state index contributed by atoms with van der Waals surface area (Å²) >= 11 is 0. The number of hydrogen-bond acceptors (Lipinski definition) is 4. The van der Waals surface area contributed by atoms with Gasteiger partial charge in [0.25, 0.3) is 5.91 Å². The van der Waals surface area contributed by atoms with Gasteiger partial charge in [0.05, 0.1) is 11.6 Å². The van der Waals surface area contributed by atoms with E-state index in [9.17, 15) is 9.59 Å². The van der Waals surface area contributed by atoms with E-state index in [1.165, 1.54) is 0 Å². The van der Waals surface area contributed by atoms with Crippen LogP contribution in [0, 0.1) is 11.3 Å². The van der Waals surface area contributed by atoms with E-state index in [4.69, 9.17) is 10.00 Å². The maximum atomic E-state index is 12.4. The van der Waals surface area contributed by atoms with Crippen LogP contribution in [-0.2, 0) is 4.74 Å². The van der Waals surface area contributed by atoms with E-state index in [0.717, 1.165) is 25.9 Å². The second-order valence-corrected chi connectivity index (χ2v) is 6.43. The number of hydrogen-bond donors (Lipinski definition) is 3. The van der Waals surface area contributed by atoms with Crippen LogP contribution < -0.4 is 16.0 Å². The molecule has 0 saturated heterocycles. The number of rotatable bonds is 10. The van der Waals surface area contributed by atoms with E-state index in [2.05, 4.69) is 22.9 Å². The Hall–Kier alpha value is -3.37. The molecular weight excluding hydrogens is 368 g/mol. The second kappa shape index (κ2) is 12.2. The largest absolute Gasteiger partial charge is 0.381 e. The van der Waals surface area contributed by atoms with E-state index >= 15 is 0 Å². The Kier molecular flexibility index (Phi) is 9.19. The molecule has 2 rings (SSSR count). The molecule has 0 atom stereocenters. The van der Waals surface area contributed by atoms with E-state index in [1.807, 2.05) is 6.07 Å². The lowest BCUT2D eigenvalue weighted by atomic mass is 10.1. The van der Waals surface area contributed by atoms with Crippen molar-refractivity contribution in [3.8, 4) is 6.07 Å². The number of nitrogens with zero attached hydrogens (tertiary/aromatic N) is 1. The summed E-state index contributed by atoms with van der Waals surface area (Å²) in [6, 6.07) is 15.0. The molecule has 3 N–H and O–H groups in total. The Balaban J connectivity index is 1.81. The number of urea groups is 1. The standard InChI is InChI=1S/C22H26N4O3/c1-2-3-12-29-13-6-11-24-22(28)26-20-10-5-8-18(15-20)21(27)25-19-9-4-7-17(14-19)16-23/h4-5,7-10,14-15H,2-3,6,11-13H2,1H3,(H,25,27)(H2,24,26,28). The van der Waals surface area contributed by atoms with Crippen molar-refractivity contribution in [2.45, 2.75) is 26.2 Å². The van der Waals surface area contributed by atoms with Gasteiger partial charge < -0.3 is 20.7 Å². The van der Waals surface area contributed by atoms with Crippen LogP contribution in [0.3, 0.4) is 0 Å². The Labute approximate surface area is 171 Å². The quantitative estimate of drug-likeness (QED) is 0.527. The number of carbonyl (C=O) groups excluding carboxylic acids is 2. The second-order valence-electron chi connectivity index (χ2n) is 6.43. The zero-order valence-corrected chi connectivity index (χ0v) is 16.5. The van der Waals surface area contributed by atoms with E-state index < -0.39 is 0 Å². The summed E-state index contributed by atoms with van der Waals surface area (Å²) in [6.07, 6.45) is 2.88. The number of ether oxygens (including phenoxy) is 1. The van der Waals surface area contributed by atoms with Gasteiger partial charge in [-0.05, 0) is 49.2 Å². The van der Waals surface area contributed by atoms with Crippen molar-refractivity contribution in [3.63, 3.8) is 0 Å². The topological polar surface area (TPSA) is 103 Å². The van der Waals surface area contributed by atoms with Crippen molar-refractivity contribution in [1.29, 1.82) is 5.26 Å². The molecular formula is C22H26N4O3. The first-order valence-electron chi connectivity index (χ1n) is 9.66. The summed E-state index contributed by atoms with van der Waals surface area (Å²) in [7, 11) is 0. The number of carbonyl (C=O) groups is 2. The summed E-state index contributed by atoms with van der Waals surface area (Å²) in [6.45, 7) is 3.98. The van der Waals surface area contributed by atoms with Crippen LogP contribution >= 0.6 is 0 Å². The van der Waals surface area contributed by atoms with Gasteiger partial charge in [-0.15, -0.1) is 0 Å². The summed E-state index contributed by atoms with van der Waals surface area (Å²) in [5.74, 6) is -0.326. The van der Waals surface area contributed by atoms with E-state index in [0.29, 0.717) is 35.7 Å². The third-order valence-corrected chi connectivity index (χ3v) is 4.03. The predicted octanol–water partition coefficient (Wildman–Crippen LogP) is 4.14. The van der Waals surface area contributed by atoms with Crippen LogP contribution in [-0.4, -0.2) is 31.7 Å². The Morgan fingerprint density at radius 3 is 2.48 bits per heavy atom. The van der Waals surface area contributed by atoms with Crippen LogP contribution in [0.5, 0.6) is 0 Å². The van der Waals surface area contributed by atoms with E-state index in [1.54, 1.807) is 48.5 Å². The fourth-order valence-electron chi connectivity index (χ4n) is 2.51. The van der Waals surface area contributed by atoms with Crippen LogP contribution in [0.2, 0.25) is 0 Å². The number of unbranched alkanes of at least 4 members (excludes halogenated alkanes) is 1. The number of anilines is 2. The highest BCUT2D eigenvalue weighted by molar-refractivity contribution is 6.05. The van der Waals surface area contributed by atoms with Crippen molar-refractivity contribution in [2.24, 2.45) is 0 Å². The zero-order chi connectivity index (χ0) is 20.9. The molecule has 2 aromatic carbocycles. The fourth-order valence-corrected chi connectivity index (χ4v) is 2.51. The summed E-state index contributed by atoms with van der Waals surface area (Å²) in [5.41, 5.74) is 1.91. The maximum absolute atomic E-state index is 12.4. The molecule has 152 valence electrons. The maximum Gasteiger partial charge on any atom is 0.319 e. The highest BCUT2D eigenvalue weighted by atomic mass is 16.5. The smallest absolute Gasteiger partial charge is 0.319 e. The molecule has 0 aliphatic heterocycles. The number of nitriles is 1. The molecule has 29 heavy (non-hydrogen) atoms. The molecule has 7 heteroatoms. The van der Waals surface area contributed by atoms with Gasteiger partial charge in [-0.2, -0.15) is 5.26 Å². The molecule has 2 aromatic rings. The lowest BCUT2D eigenvalue weighted by Crippen LogP contribution is -2.30. The highest BCUT2D eigenvalue weighted by Crippen LogP contribution is 2.14. The molecule has 0 saturated carbocycles. The van der Waals surface area contributed by atoms with Gasteiger partial charge in [-0.25, -0.2) is 4.79 Å². The molecule has 0 heterocycles. The van der Waals surface area contributed by atoms with Crippen molar-refractivity contribution >= 4 is 23.3 Å². The van der Waals surface area contributed by atoms with Gasteiger partial charge in [0.2, 0.25) is 0 Å². The molecule has 7 nitrogen and oxygen atoms in total. The van der Waals surface area contributed by atoms with Gasteiger partial charge in [0, 0.05) is 36.7 Å². The zero-order valence-electron chi connectivity index (χ0n) is 16.5. The highest BCUT2D eigenvalue weighted by Gasteiger charge is 2.09. The van der Waals surface area contributed by atoms with Crippen LogP contribution in [0.25, 0.3) is 0 Å². The molecule has 0 spiro atoms. The predicted molar refractivity (Wildman–Crippen MR) is 113 cm³/mol. The van der Waals surface area contributed by atoms with Crippen LogP contribution in [0.15, 0.2) is 48.5 Å². The summed E-state index contributed by atoms with van der Waals surface area (Å²) < 4.78 is 5.45. The van der Waals surface area contributed by atoms with Crippen LogP contribution in [0.1, 0.15) is 42.1 Å². The number of nitrogens with one attached hydrogen (secondary N) is 3. The van der Waals surface area contributed by atoms with Gasteiger partial charge >= 0.3 is 6.03 Å². The first-order valence-corrected chi connectivity index (χ1v) is 9.66. The third-order valence-electron chi connectivity index (χ3n) is 4.03. The summed E-state index contributed by atoms with van der Waals surface area (Å²) in [5, 5.41) is 17.2. The molecule has 0 aliphatic carbocycles. The molecule has 0 aliphatic rings. The Bertz CT molecular complexity index is 861.